The van der Waals surface area contributed by atoms with Crippen molar-refractivity contribution in [1.82, 2.24) is 10.2 Å². The molecule has 1 fully saturated rings. The summed E-state index contributed by atoms with van der Waals surface area (Å²) in [6, 6.07) is 0.687. The number of likely N-dealkylation sites (tertiary alicyclic amines) is 1. The van der Waals surface area contributed by atoms with Gasteiger partial charge in [-0.1, -0.05) is 13.8 Å². The molecule has 1 rings (SSSR count). The van der Waals surface area contributed by atoms with Crippen LogP contribution in [0.15, 0.2) is 0 Å². The van der Waals surface area contributed by atoms with Crippen LogP contribution in [0.2, 0.25) is 0 Å². The lowest BCUT2D eigenvalue weighted by molar-refractivity contribution is -0.122. The summed E-state index contributed by atoms with van der Waals surface area (Å²) in [5.41, 5.74) is -0.112. The number of carbonyl (C=O) groups is 1. The molecule has 100 valence electrons. The van der Waals surface area contributed by atoms with Crippen LogP contribution in [0.3, 0.4) is 0 Å². The Balaban J connectivity index is 2.33. The second kappa shape index (κ2) is 5.85. The van der Waals surface area contributed by atoms with Gasteiger partial charge in [0.2, 0.25) is 5.91 Å². The van der Waals surface area contributed by atoms with Gasteiger partial charge in [0.25, 0.3) is 0 Å². The van der Waals surface area contributed by atoms with Gasteiger partial charge >= 0.3 is 0 Å². The Morgan fingerprint density at radius 1 is 1.41 bits per heavy atom. The van der Waals surface area contributed by atoms with E-state index in [0.29, 0.717) is 12.5 Å². The SMILES string of the molecule is CC[C@H]1C[C@H](C)CN1CCC(=O)NC(C)(C)C. The Morgan fingerprint density at radius 3 is 2.59 bits per heavy atom. The van der Waals surface area contributed by atoms with E-state index in [1.165, 1.54) is 12.8 Å². The molecule has 1 heterocycles. The minimum atomic E-state index is -0.112. The van der Waals surface area contributed by atoms with Gasteiger partial charge in [0.15, 0.2) is 0 Å². The van der Waals surface area contributed by atoms with Crippen molar-refractivity contribution in [1.29, 1.82) is 0 Å². The standard InChI is InChI=1S/C14H28N2O/c1-6-12-9-11(2)10-16(12)8-7-13(17)15-14(3,4)5/h11-12H,6-10H2,1-5H3,(H,15,17)/t11-,12-/m0/s1. The molecule has 0 unspecified atom stereocenters. The molecule has 0 spiro atoms. The van der Waals surface area contributed by atoms with Gasteiger partial charge in [-0.05, 0) is 39.5 Å². The molecule has 0 aliphatic carbocycles. The van der Waals surface area contributed by atoms with E-state index in [-0.39, 0.29) is 11.4 Å². The lowest BCUT2D eigenvalue weighted by Crippen LogP contribution is -2.42. The van der Waals surface area contributed by atoms with Crippen LogP contribution < -0.4 is 5.32 Å². The number of nitrogens with one attached hydrogen (secondary N) is 1. The lowest BCUT2D eigenvalue weighted by Gasteiger charge is -2.25. The highest BCUT2D eigenvalue weighted by Crippen LogP contribution is 2.24. The average molecular weight is 240 g/mol. The molecule has 2 atom stereocenters. The van der Waals surface area contributed by atoms with Gasteiger partial charge in [0, 0.05) is 31.1 Å². The number of hydrogen-bond donors (Lipinski definition) is 1. The molecule has 3 nitrogen and oxygen atoms in total. The van der Waals surface area contributed by atoms with Crippen molar-refractivity contribution in [3.8, 4) is 0 Å². The first kappa shape index (κ1) is 14.5. The Labute approximate surface area is 106 Å². The van der Waals surface area contributed by atoms with E-state index in [1.807, 2.05) is 20.8 Å². The Kier molecular flexibility index (Phi) is 4.99. The average Bonchev–Trinajstić information content (AvgIpc) is 2.53. The summed E-state index contributed by atoms with van der Waals surface area (Å²) in [5.74, 6) is 0.956. The third-order valence-corrected chi connectivity index (χ3v) is 3.35. The molecule has 1 saturated heterocycles. The predicted octanol–water partition coefficient (Wildman–Crippen LogP) is 2.41. The fourth-order valence-corrected chi connectivity index (χ4v) is 2.66. The summed E-state index contributed by atoms with van der Waals surface area (Å²) in [7, 11) is 0. The maximum Gasteiger partial charge on any atom is 0.221 e. The van der Waals surface area contributed by atoms with Crippen LogP contribution in [-0.4, -0.2) is 35.5 Å². The Hall–Kier alpha value is -0.570. The highest BCUT2D eigenvalue weighted by atomic mass is 16.1. The molecule has 0 radical (unpaired) electrons. The van der Waals surface area contributed by atoms with E-state index in [2.05, 4.69) is 24.1 Å². The number of carbonyl (C=O) groups excluding carboxylic acids is 1. The molecule has 17 heavy (non-hydrogen) atoms. The van der Waals surface area contributed by atoms with Crippen molar-refractivity contribution in [2.45, 2.75) is 65.5 Å². The highest BCUT2D eigenvalue weighted by Gasteiger charge is 2.28. The van der Waals surface area contributed by atoms with E-state index in [1.54, 1.807) is 0 Å². The zero-order chi connectivity index (χ0) is 13.1. The number of rotatable bonds is 4. The first-order chi connectivity index (χ1) is 7.81. The van der Waals surface area contributed by atoms with Crippen LogP contribution in [0, 0.1) is 5.92 Å². The van der Waals surface area contributed by atoms with Gasteiger partial charge in [-0.25, -0.2) is 0 Å². The minimum Gasteiger partial charge on any atom is -0.351 e. The van der Waals surface area contributed by atoms with E-state index >= 15 is 0 Å². The number of hydrogen-bond acceptors (Lipinski definition) is 2. The smallest absolute Gasteiger partial charge is 0.221 e. The van der Waals surface area contributed by atoms with Crippen LogP contribution in [0.1, 0.15) is 53.9 Å². The summed E-state index contributed by atoms with van der Waals surface area (Å²) >= 11 is 0. The minimum absolute atomic E-state index is 0.112. The van der Waals surface area contributed by atoms with Crippen molar-refractivity contribution in [2.75, 3.05) is 13.1 Å². The first-order valence-electron chi connectivity index (χ1n) is 6.87. The lowest BCUT2D eigenvalue weighted by atomic mass is 10.1. The summed E-state index contributed by atoms with van der Waals surface area (Å²) in [6.07, 6.45) is 3.11. The topological polar surface area (TPSA) is 32.3 Å². The zero-order valence-corrected chi connectivity index (χ0v) is 12.0. The van der Waals surface area contributed by atoms with Gasteiger partial charge < -0.3 is 5.32 Å². The van der Waals surface area contributed by atoms with Gasteiger partial charge in [-0.15, -0.1) is 0 Å². The van der Waals surface area contributed by atoms with E-state index < -0.39 is 0 Å². The van der Waals surface area contributed by atoms with Crippen LogP contribution >= 0.6 is 0 Å². The second-order valence-corrected chi connectivity index (χ2v) is 6.45. The quantitative estimate of drug-likeness (QED) is 0.818. The molecule has 0 bridgehead atoms. The normalized spacial score (nSPS) is 26.2. The molecule has 0 saturated carbocycles. The van der Waals surface area contributed by atoms with Gasteiger partial charge in [-0.2, -0.15) is 0 Å². The van der Waals surface area contributed by atoms with Gasteiger partial charge in [0.05, 0.1) is 0 Å². The molecular weight excluding hydrogens is 212 g/mol. The molecule has 0 aromatic heterocycles. The fourth-order valence-electron chi connectivity index (χ4n) is 2.66. The monoisotopic (exact) mass is 240 g/mol. The third-order valence-electron chi connectivity index (χ3n) is 3.35. The largest absolute Gasteiger partial charge is 0.351 e. The number of amides is 1. The fraction of sp³-hybridized carbons (Fsp3) is 0.929. The Bertz CT molecular complexity index is 257. The molecule has 1 N–H and O–H groups in total. The van der Waals surface area contributed by atoms with Gasteiger partial charge in [-0.3, -0.25) is 9.69 Å². The third kappa shape index (κ3) is 5.07. The van der Waals surface area contributed by atoms with Crippen LogP contribution in [0.4, 0.5) is 0 Å². The van der Waals surface area contributed by atoms with E-state index in [9.17, 15) is 4.79 Å². The van der Waals surface area contributed by atoms with Crippen LogP contribution in [0.25, 0.3) is 0 Å². The highest BCUT2D eigenvalue weighted by molar-refractivity contribution is 5.76. The molecule has 0 aromatic carbocycles. The van der Waals surface area contributed by atoms with Crippen molar-refractivity contribution in [3.05, 3.63) is 0 Å². The first-order valence-corrected chi connectivity index (χ1v) is 6.87. The van der Waals surface area contributed by atoms with Crippen molar-refractivity contribution >= 4 is 5.91 Å². The maximum absolute atomic E-state index is 11.8. The van der Waals surface area contributed by atoms with Crippen molar-refractivity contribution in [2.24, 2.45) is 5.92 Å². The molecule has 0 aromatic rings. The van der Waals surface area contributed by atoms with Crippen molar-refractivity contribution in [3.63, 3.8) is 0 Å². The maximum atomic E-state index is 11.8. The summed E-state index contributed by atoms with van der Waals surface area (Å²) < 4.78 is 0. The van der Waals surface area contributed by atoms with E-state index in [0.717, 1.165) is 19.0 Å². The Morgan fingerprint density at radius 2 is 2.06 bits per heavy atom. The second-order valence-electron chi connectivity index (χ2n) is 6.45. The molecule has 3 heteroatoms. The molecule has 1 aliphatic rings. The summed E-state index contributed by atoms with van der Waals surface area (Å²) in [4.78, 5) is 14.2. The summed E-state index contributed by atoms with van der Waals surface area (Å²) in [6.45, 7) is 12.7. The molecule has 1 aliphatic heterocycles. The van der Waals surface area contributed by atoms with Gasteiger partial charge in [0.1, 0.15) is 0 Å². The molecule has 1 amide bonds. The zero-order valence-electron chi connectivity index (χ0n) is 12.0. The van der Waals surface area contributed by atoms with Crippen LogP contribution in [0.5, 0.6) is 0 Å². The molecular formula is C14H28N2O. The van der Waals surface area contributed by atoms with Crippen LogP contribution in [-0.2, 0) is 4.79 Å². The van der Waals surface area contributed by atoms with Crippen molar-refractivity contribution < 1.29 is 4.79 Å². The van der Waals surface area contributed by atoms with E-state index in [4.69, 9.17) is 0 Å². The number of nitrogens with zero attached hydrogens (tertiary/aromatic N) is 1. The summed E-state index contributed by atoms with van der Waals surface area (Å²) in [5, 5.41) is 3.02. The predicted molar refractivity (Wildman–Crippen MR) is 71.9 cm³/mol.